The Morgan fingerprint density at radius 3 is 2.34 bits per heavy atom. The van der Waals surface area contributed by atoms with Crippen LogP contribution in [0.15, 0.2) is 42.9 Å². The molecule has 0 bridgehead atoms. The lowest BCUT2D eigenvalue weighted by molar-refractivity contribution is -0.126. The number of rotatable bonds is 10. The normalized spacial score (nSPS) is 23.4. The number of aryl methyl sites for hydroxylation is 1. The van der Waals surface area contributed by atoms with Crippen molar-refractivity contribution < 1.29 is 24.2 Å². The van der Waals surface area contributed by atoms with Crippen molar-refractivity contribution in [3.8, 4) is 16.9 Å². The molecule has 0 radical (unpaired) electrons. The van der Waals surface area contributed by atoms with Crippen LogP contribution in [0.1, 0.15) is 102 Å². The maximum Gasteiger partial charge on any atom is 0.410 e. The number of anilines is 1. The summed E-state index contributed by atoms with van der Waals surface area (Å²) in [5.74, 6) is 2.23. The maximum absolute atomic E-state index is 14.4. The molecule has 0 unspecified atom stereocenters. The number of hydrogen-bond donors (Lipinski definition) is 1. The first-order chi connectivity index (χ1) is 23.9. The van der Waals surface area contributed by atoms with Gasteiger partial charge in [-0.2, -0.15) is 5.10 Å². The molecule has 270 valence electrons. The van der Waals surface area contributed by atoms with Crippen molar-refractivity contribution in [2.45, 2.75) is 110 Å². The van der Waals surface area contributed by atoms with Crippen molar-refractivity contribution in [1.29, 1.82) is 0 Å². The molecular weight excluding hydrogens is 632 g/mol. The molecule has 3 aromatic rings. The van der Waals surface area contributed by atoms with Crippen molar-refractivity contribution >= 4 is 17.8 Å². The highest BCUT2D eigenvalue weighted by Crippen LogP contribution is 2.38. The number of aliphatic hydroxyl groups is 1. The average Bonchev–Trinajstić information content (AvgIpc) is 3.61. The predicted octanol–water partition coefficient (Wildman–Crippen LogP) is 6.94. The molecule has 11 nitrogen and oxygen atoms in total. The van der Waals surface area contributed by atoms with Gasteiger partial charge in [0.05, 0.1) is 32.1 Å². The van der Waals surface area contributed by atoms with Gasteiger partial charge in [-0.15, -0.1) is 0 Å². The number of likely N-dealkylation sites (tertiary alicyclic amines) is 1. The number of nitrogens with zero attached hydrogens (tertiary/aromatic N) is 6. The molecule has 2 amide bonds. The summed E-state index contributed by atoms with van der Waals surface area (Å²) < 4.78 is 13.2. The Kier molecular flexibility index (Phi) is 10.8. The van der Waals surface area contributed by atoms with Crippen molar-refractivity contribution in [1.82, 2.24) is 24.6 Å². The zero-order chi connectivity index (χ0) is 35.6. The second-order valence-electron chi connectivity index (χ2n) is 15.4. The molecule has 11 heteroatoms. The molecule has 3 fully saturated rings. The third-order valence-corrected chi connectivity index (χ3v) is 11.3. The Morgan fingerprint density at radius 1 is 1.00 bits per heavy atom. The lowest BCUT2D eigenvalue weighted by Gasteiger charge is -2.48. The van der Waals surface area contributed by atoms with Crippen molar-refractivity contribution in [3.05, 3.63) is 54.2 Å². The number of pyridine rings is 2. The van der Waals surface area contributed by atoms with Gasteiger partial charge >= 0.3 is 6.09 Å². The van der Waals surface area contributed by atoms with Crippen LogP contribution in [0.25, 0.3) is 11.1 Å². The van der Waals surface area contributed by atoms with Gasteiger partial charge in [-0.3, -0.25) is 19.4 Å². The molecular formula is C39H54N6O5. The van der Waals surface area contributed by atoms with E-state index in [9.17, 15) is 14.7 Å². The van der Waals surface area contributed by atoms with E-state index in [-0.39, 0.29) is 36.0 Å². The van der Waals surface area contributed by atoms with Crippen LogP contribution in [0.3, 0.4) is 0 Å². The van der Waals surface area contributed by atoms with Crippen LogP contribution < -0.4 is 9.64 Å². The fourth-order valence-corrected chi connectivity index (χ4v) is 7.70. The van der Waals surface area contributed by atoms with Crippen LogP contribution in [0.2, 0.25) is 0 Å². The summed E-state index contributed by atoms with van der Waals surface area (Å²) in [6, 6.07) is 8.35. The topological polar surface area (TPSA) is 123 Å². The van der Waals surface area contributed by atoms with Gasteiger partial charge < -0.3 is 19.5 Å². The van der Waals surface area contributed by atoms with E-state index in [0.717, 1.165) is 53.9 Å². The Hall–Kier alpha value is -3.99. The minimum absolute atomic E-state index is 0.0775. The molecule has 6 rings (SSSR count). The first-order valence-electron chi connectivity index (χ1n) is 18.5. The Balaban J connectivity index is 1.13. The highest BCUT2D eigenvalue weighted by Gasteiger charge is 2.47. The fraction of sp³-hybridized carbons (Fsp3) is 0.615. The standard InChI is InChI=1S/C39H54N6O5/c1-25(2)39(48)23-43(24-39)38(47)50-33-13-11-30(12-14-33)37(46)44(36-19-31(17-18-40-36)32-20-41-45(22-32)26(3)4)21-28-7-9-29(10-8-28)34-15-16-35(49-6)27(5)42-34/h15-20,22,25-26,28-30,33,48H,7-14,21,23-24H2,1-6H3. The quantitative estimate of drug-likeness (QED) is 0.243. The van der Waals surface area contributed by atoms with Crippen LogP contribution in [0, 0.1) is 24.7 Å². The third kappa shape index (κ3) is 7.82. The van der Waals surface area contributed by atoms with Gasteiger partial charge in [-0.1, -0.05) is 13.8 Å². The smallest absolute Gasteiger partial charge is 0.410 e. The van der Waals surface area contributed by atoms with Crippen molar-refractivity contribution in [2.75, 3.05) is 31.6 Å². The SMILES string of the molecule is COc1ccc(C2CCC(CN(C(=O)C3CCC(OC(=O)N4CC(O)(C(C)C)C4)CC3)c3cc(-c4cnn(C(C)C)c4)ccn3)CC2)nc1C. The number of amides is 2. The molecule has 0 atom stereocenters. The first-order valence-corrected chi connectivity index (χ1v) is 18.5. The molecule has 0 spiro atoms. The number of carbonyl (C=O) groups excluding carboxylic acids is 2. The van der Waals surface area contributed by atoms with Crippen LogP contribution >= 0.6 is 0 Å². The van der Waals surface area contributed by atoms with Gasteiger partial charge in [0.2, 0.25) is 5.91 Å². The average molecular weight is 687 g/mol. The summed E-state index contributed by atoms with van der Waals surface area (Å²) in [5, 5.41) is 15.1. The van der Waals surface area contributed by atoms with E-state index < -0.39 is 5.60 Å². The lowest BCUT2D eigenvalue weighted by Crippen LogP contribution is -2.66. The van der Waals surface area contributed by atoms with Crippen LogP contribution in [0.5, 0.6) is 5.75 Å². The Morgan fingerprint density at radius 2 is 1.72 bits per heavy atom. The molecule has 2 saturated carbocycles. The largest absolute Gasteiger partial charge is 0.495 e. The summed E-state index contributed by atoms with van der Waals surface area (Å²) in [6.07, 6.45) is 11.7. The molecule has 3 aliphatic rings. The lowest BCUT2D eigenvalue weighted by atomic mass is 9.79. The van der Waals surface area contributed by atoms with Gasteiger partial charge in [0.1, 0.15) is 23.3 Å². The molecule has 1 aliphatic heterocycles. The van der Waals surface area contributed by atoms with E-state index in [1.807, 2.05) is 60.9 Å². The monoisotopic (exact) mass is 686 g/mol. The fourth-order valence-electron chi connectivity index (χ4n) is 7.70. The molecule has 50 heavy (non-hydrogen) atoms. The third-order valence-electron chi connectivity index (χ3n) is 11.3. The van der Waals surface area contributed by atoms with E-state index in [1.54, 1.807) is 18.2 Å². The van der Waals surface area contributed by atoms with Gasteiger partial charge in [0.25, 0.3) is 0 Å². The van der Waals surface area contributed by atoms with Crippen molar-refractivity contribution in [2.24, 2.45) is 17.8 Å². The summed E-state index contributed by atoms with van der Waals surface area (Å²) >= 11 is 0. The van der Waals surface area contributed by atoms with Gasteiger partial charge in [-0.25, -0.2) is 9.78 Å². The molecule has 1 N–H and O–H groups in total. The summed E-state index contributed by atoms with van der Waals surface area (Å²) in [6.45, 7) is 11.3. The number of β-amino-alcohol motifs (C(OH)–C–C–N with tert-alkyl or cyclic N) is 1. The molecule has 1 saturated heterocycles. The second kappa shape index (κ2) is 15.1. The number of methoxy groups -OCH3 is 1. The summed E-state index contributed by atoms with van der Waals surface area (Å²) in [5.41, 5.74) is 3.17. The van der Waals surface area contributed by atoms with Gasteiger partial charge in [0, 0.05) is 48.1 Å². The minimum atomic E-state index is -0.836. The number of aromatic nitrogens is 4. The molecule has 4 heterocycles. The van der Waals surface area contributed by atoms with Gasteiger partial charge in [0.15, 0.2) is 0 Å². The zero-order valence-electron chi connectivity index (χ0n) is 30.5. The van der Waals surface area contributed by atoms with Gasteiger partial charge in [-0.05, 0) is 114 Å². The van der Waals surface area contributed by atoms with Crippen LogP contribution in [-0.2, 0) is 9.53 Å². The van der Waals surface area contributed by atoms with Crippen LogP contribution in [0.4, 0.5) is 10.6 Å². The zero-order valence-corrected chi connectivity index (χ0v) is 30.5. The van der Waals surface area contributed by atoms with E-state index >= 15 is 0 Å². The second-order valence-corrected chi connectivity index (χ2v) is 15.4. The molecule has 0 aromatic carbocycles. The minimum Gasteiger partial charge on any atom is -0.495 e. The Bertz CT molecular complexity index is 1630. The molecule has 2 aliphatic carbocycles. The first kappa shape index (κ1) is 35.8. The van der Waals surface area contributed by atoms with Crippen molar-refractivity contribution in [3.63, 3.8) is 0 Å². The highest BCUT2D eigenvalue weighted by atomic mass is 16.6. The Labute approximate surface area is 296 Å². The van der Waals surface area contributed by atoms with Crippen LogP contribution in [-0.4, -0.2) is 80.2 Å². The predicted molar refractivity (Wildman–Crippen MR) is 192 cm³/mol. The van der Waals surface area contributed by atoms with E-state index in [0.29, 0.717) is 63.0 Å². The highest BCUT2D eigenvalue weighted by molar-refractivity contribution is 5.94. The number of ether oxygens (including phenoxy) is 2. The number of hydrogen-bond acceptors (Lipinski definition) is 8. The number of carbonyl (C=O) groups is 2. The summed E-state index contributed by atoms with van der Waals surface area (Å²) in [7, 11) is 1.67. The van der Waals surface area contributed by atoms with E-state index in [4.69, 9.17) is 19.4 Å². The summed E-state index contributed by atoms with van der Waals surface area (Å²) in [4.78, 5) is 40.3. The molecule has 3 aromatic heterocycles. The maximum atomic E-state index is 14.4. The van der Waals surface area contributed by atoms with E-state index in [2.05, 4.69) is 25.0 Å². The van der Waals surface area contributed by atoms with E-state index in [1.165, 1.54) is 0 Å².